The second-order valence-corrected chi connectivity index (χ2v) is 6.71. The van der Waals surface area contributed by atoms with Gasteiger partial charge in [0.25, 0.3) is 5.91 Å². The van der Waals surface area contributed by atoms with Crippen molar-refractivity contribution < 1.29 is 14.7 Å². The van der Waals surface area contributed by atoms with Crippen LogP contribution in [-0.4, -0.2) is 27.9 Å². The van der Waals surface area contributed by atoms with E-state index in [4.69, 9.17) is 11.6 Å². The Balaban J connectivity index is 1.80. The first-order valence-electron chi connectivity index (χ1n) is 7.89. The second kappa shape index (κ2) is 6.29. The molecule has 0 aromatic heterocycles. The molecule has 118 valence electrons. The molecule has 5 heteroatoms. The zero-order valence-electron chi connectivity index (χ0n) is 12.4. The lowest BCUT2D eigenvalue weighted by Crippen LogP contribution is -2.42. The highest BCUT2D eigenvalue weighted by atomic mass is 35.5. The molecule has 1 amide bonds. The van der Waals surface area contributed by atoms with Gasteiger partial charge in [-0.15, -0.1) is 0 Å². The molecule has 4 nitrogen and oxygen atoms in total. The zero-order chi connectivity index (χ0) is 15.7. The van der Waals surface area contributed by atoms with Gasteiger partial charge in [0.2, 0.25) is 0 Å². The number of rotatable bonds is 4. The molecule has 1 fully saturated rings. The van der Waals surface area contributed by atoms with Crippen LogP contribution in [0, 0.1) is 5.92 Å². The molecule has 0 bridgehead atoms. The number of halogens is 1. The first-order valence-corrected chi connectivity index (χ1v) is 8.27. The molecule has 1 unspecified atom stereocenters. The summed E-state index contributed by atoms with van der Waals surface area (Å²) in [5.74, 6) is -0.756. The second-order valence-electron chi connectivity index (χ2n) is 6.30. The maximum Gasteiger partial charge on any atom is 0.326 e. The van der Waals surface area contributed by atoms with E-state index in [0.29, 0.717) is 29.5 Å². The summed E-state index contributed by atoms with van der Waals surface area (Å²) in [5, 5.41) is 10.0. The average Bonchev–Trinajstić information content (AvgIpc) is 2.84. The third-order valence-electron chi connectivity index (χ3n) is 4.86. The molecule has 0 saturated heterocycles. The molecule has 1 N–H and O–H groups in total. The fraction of sp³-hybridized carbons (Fsp3) is 0.529. The summed E-state index contributed by atoms with van der Waals surface area (Å²) in [6, 6.07) is 4.57. The Hall–Kier alpha value is -1.55. The monoisotopic (exact) mass is 321 g/mol. The summed E-state index contributed by atoms with van der Waals surface area (Å²) in [6.45, 7) is 0.346. The SMILES string of the molecule is O=C(O)C(CC1CCCCC1)N1Cc2cccc(Cl)c2C1=O. The fourth-order valence-electron chi connectivity index (χ4n) is 3.69. The van der Waals surface area contributed by atoms with Crippen molar-refractivity contribution in [2.24, 2.45) is 5.92 Å². The predicted molar refractivity (Wildman–Crippen MR) is 83.9 cm³/mol. The minimum absolute atomic E-state index is 0.246. The lowest BCUT2D eigenvalue weighted by molar-refractivity contribution is -0.143. The van der Waals surface area contributed by atoms with Crippen LogP contribution in [0.25, 0.3) is 0 Å². The number of fused-ring (bicyclic) bond motifs is 1. The molecule has 1 heterocycles. The summed E-state index contributed by atoms with van der Waals surface area (Å²) < 4.78 is 0. The number of benzene rings is 1. The summed E-state index contributed by atoms with van der Waals surface area (Å²) in [4.78, 5) is 25.8. The Morgan fingerprint density at radius 1 is 1.32 bits per heavy atom. The van der Waals surface area contributed by atoms with Gasteiger partial charge in [0.05, 0.1) is 10.6 Å². The molecule has 1 atom stereocenters. The molecular weight excluding hydrogens is 302 g/mol. The van der Waals surface area contributed by atoms with Crippen molar-refractivity contribution in [2.45, 2.75) is 51.1 Å². The average molecular weight is 322 g/mol. The van der Waals surface area contributed by atoms with E-state index in [1.807, 2.05) is 6.07 Å². The number of hydrogen-bond acceptors (Lipinski definition) is 2. The van der Waals surface area contributed by atoms with Crippen molar-refractivity contribution in [3.8, 4) is 0 Å². The standard InChI is InChI=1S/C17H20ClNO3/c18-13-8-4-7-12-10-19(16(20)15(12)13)14(17(21)22)9-11-5-2-1-3-6-11/h4,7-8,11,14H,1-3,5-6,9-10H2,(H,21,22). The van der Waals surface area contributed by atoms with Gasteiger partial charge in [0, 0.05) is 6.54 Å². The number of hydrogen-bond donors (Lipinski definition) is 1. The van der Waals surface area contributed by atoms with Crippen LogP contribution in [0.15, 0.2) is 18.2 Å². The fourth-order valence-corrected chi connectivity index (χ4v) is 3.97. The molecule has 1 aromatic rings. The van der Waals surface area contributed by atoms with Crippen molar-refractivity contribution in [3.05, 3.63) is 34.3 Å². The van der Waals surface area contributed by atoms with Crippen molar-refractivity contribution >= 4 is 23.5 Å². The number of carbonyl (C=O) groups is 2. The minimum atomic E-state index is -0.914. The number of carbonyl (C=O) groups excluding carboxylic acids is 1. The van der Waals surface area contributed by atoms with Gasteiger partial charge in [-0.1, -0.05) is 55.8 Å². The van der Waals surface area contributed by atoms with E-state index in [-0.39, 0.29) is 5.91 Å². The molecule has 1 saturated carbocycles. The Labute approximate surface area is 135 Å². The smallest absolute Gasteiger partial charge is 0.326 e. The van der Waals surface area contributed by atoms with Gasteiger partial charge in [0.1, 0.15) is 6.04 Å². The van der Waals surface area contributed by atoms with Crippen molar-refractivity contribution in [3.63, 3.8) is 0 Å². The molecule has 3 rings (SSSR count). The van der Waals surface area contributed by atoms with E-state index in [1.54, 1.807) is 12.1 Å². The van der Waals surface area contributed by atoms with Gasteiger partial charge in [0.15, 0.2) is 0 Å². The normalized spacial score (nSPS) is 20.0. The van der Waals surface area contributed by atoms with Crippen LogP contribution in [0.5, 0.6) is 0 Å². The van der Waals surface area contributed by atoms with Gasteiger partial charge < -0.3 is 10.0 Å². The molecule has 0 radical (unpaired) electrons. The predicted octanol–water partition coefficient (Wildman–Crippen LogP) is 3.72. The highest BCUT2D eigenvalue weighted by Gasteiger charge is 2.38. The molecular formula is C17H20ClNO3. The summed E-state index contributed by atoms with van der Waals surface area (Å²) in [5.41, 5.74) is 1.30. The number of nitrogens with zero attached hydrogens (tertiary/aromatic N) is 1. The van der Waals surface area contributed by atoms with E-state index in [9.17, 15) is 14.7 Å². The van der Waals surface area contributed by atoms with Crippen LogP contribution in [0.2, 0.25) is 5.02 Å². The highest BCUT2D eigenvalue weighted by molar-refractivity contribution is 6.34. The maximum atomic E-state index is 12.6. The van der Waals surface area contributed by atoms with Crippen LogP contribution >= 0.6 is 11.6 Å². The summed E-state index contributed by atoms with van der Waals surface area (Å²) in [6.07, 6.45) is 6.25. The molecule has 1 aliphatic carbocycles. The topological polar surface area (TPSA) is 57.6 Å². The Kier molecular flexibility index (Phi) is 4.39. The number of carboxylic acids is 1. The first-order chi connectivity index (χ1) is 10.6. The van der Waals surface area contributed by atoms with E-state index in [1.165, 1.54) is 11.3 Å². The lowest BCUT2D eigenvalue weighted by atomic mass is 9.84. The largest absolute Gasteiger partial charge is 0.480 e. The first kappa shape index (κ1) is 15.3. The van der Waals surface area contributed by atoms with Crippen molar-refractivity contribution in [2.75, 3.05) is 0 Å². The van der Waals surface area contributed by atoms with E-state index in [0.717, 1.165) is 31.2 Å². The maximum absolute atomic E-state index is 12.6. The van der Waals surface area contributed by atoms with Crippen LogP contribution in [-0.2, 0) is 11.3 Å². The van der Waals surface area contributed by atoms with Gasteiger partial charge in [-0.3, -0.25) is 4.79 Å². The molecule has 2 aliphatic rings. The summed E-state index contributed by atoms with van der Waals surface area (Å²) >= 11 is 6.11. The Morgan fingerprint density at radius 2 is 2.05 bits per heavy atom. The molecule has 1 aliphatic heterocycles. The minimum Gasteiger partial charge on any atom is -0.480 e. The third-order valence-corrected chi connectivity index (χ3v) is 5.17. The van der Waals surface area contributed by atoms with Crippen LogP contribution < -0.4 is 0 Å². The zero-order valence-corrected chi connectivity index (χ0v) is 13.2. The van der Waals surface area contributed by atoms with Gasteiger partial charge in [-0.25, -0.2) is 4.79 Å². The molecule has 0 spiro atoms. The number of carboxylic acid groups (broad SMARTS) is 1. The van der Waals surface area contributed by atoms with Crippen molar-refractivity contribution in [1.82, 2.24) is 4.90 Å². The van der Waals surface area contributed by atoms with Crippen LogP contribution in [0.3, 0.4) is 0 Å². The Bertz CT molecular complexity index is 596. The van der Waals surface area contributed by atoms with Crippen LogP contribution in [0.4, 0.5) is 0 Å². The highest BCUT2D eigenvalue weighted by Crippen LogP contribution is 2.34. The van der Waals surface area contributed by atoms with Crippen LogP contribution in [0.1, 0.15) is 54.4 Å². The van der Waals surface area contributed by atoms with Gasteiger partial charge >= 0.3 is 5.97 Å². The number of amides is 1. The van der Waals surface area contributed by atoms with Crippen molar-refractivity contribution in [1.29, 1.82) is 0 Å². The van der Waals surface area contributed by atoms with Gasteiger partial charge in [-0.2, -0.15) is 0 Å². The quantitative estimate of drug-likeness (QED) is 0.919. The third kappa shape index (κ3) is 2.84. The molecule has 22 heavy (non-hydrogen) atoms. The van der Waals surface area contributed by atoms with E-state index in [2.05, 4.69) is 0 Å². The van der Waals surface area contributed by atoms with E-state index < -0.39 is 12.0 Å². The number of aliphatic carboxylic acids is 1. The van der Waals surface area contributed by atoms with Gasteiger partial charge in [-0.05, 0) is 24.0 Å². The lowest BCUT2D eigenvalue weighted by Gasteiger charge is -2.29. The Morgan fingerprint density at radius 3 is 2.68 bits per heavy atom. The summed E-state index contributed by atoms with van der Waals surface area (Å²) in [7, 11) is 0. The molecule has 1 aromatic carbocycles. The van der Waals surface area contributed by atoms with E-state index >= 15 is 0 Å².